The molecular weight excluding hydrogens is 686 g/mol. The third-order valence-corrected chi connectivity index (χ3v) is 11.1. The summed E-state index contributed by atoms with van der Waals surface area (Å²) in [6, 6.07) is 4.60. The molecule has 0 spiro atoms. The van der Waals surface area contributed by atoms with E-state index in [1.54, 1.807) is 12.7 Å². The molecule has 46 heavy (non-hydrogen) atoms. The normalized spacial score (nSPS) is 21.8. The first kappa shape index (κ1) is 39.0. The van der Waals surface area contributed by atoms with E-state index in [-0.39, 0.29) is 79.4 Å². The summed E-state index contributed by atoms with van der Waals surface area (Å²) in [5.41, 5.74) is 1.64. The molecule has 0 amide bonds. The van der Waals surface area contributed by atoms with Crippen LogP contribution in [0.2, 0.25) is 0 Å². The van der Waals surface area contributed by atoms with Gasteiger partial charge in [-0.15, -0.1) is 0 Å². The Bertz CT molecular complexity index is 1650. The Kier molecular flexibility index (Phi) is 14.2. The third kappa shape index (κ3) is 10.3. The summed E-state index contributed by atoms with van der Waals surface area (Å²) in [6.07, 6.45) is 13.7. The van der Waals surface area contributed by atoms with Crippen molar-refractivity contribution in [3.63, 3.8) is 0 Å². The van der Waals surface area contributed by atoms with Crippen LogP contribution in [-0.4, -0.2) is 89.0 Å². The number of anilines is 2. The van der Waals surface area contributed by atoms with Gasteiger partial charge in [-0.25, -0.2) is 36.8 Å². The van der Waals surface area contributed by atoms with Gasteiger partial charge in [-0.2, -0.15) is 0 Å². The summed E-state index contributed by atoms with van der Waals surface area (Å²) >= 11 is 0. The van der Waals surface area contributed by atoms with Crippen LogP contribution in [0.15, 0.2) is 37.2 Å². The van der Waals surface area contributed by atoms with E-state index < -0.39 is 19.2 Å². The van der Waals surface area contributed by atoms with Crippen LogP contribution in [0.5, 0.6) is 0 Å². The molecule has 2 aliphatic rings. The molecule has 18 heteroatoms. The molecule has 2 saturated carbocycles. The van der Waals surface area contributed by atoms with E-state index in [1.807, 2.05) is 38.6 Å². The second kappa shape index (κ2) is 16.8. The van der Waals surface area contributed by atoms with E-state index >= 15 is 0 Å². The van der Waals surface area contributed by atoms with Crippen molar-refractivity contribution in [3.8, 4) is 0 Å². The zero-order chi connectivity index (χ0) is 31.5. The number of nitrogens with one attached hydrogen (secondary N) is 2. The fraction of sp³-hybridized carbons (Fsp3) is 0.571. The van der Waals surface area contributed by atoms with Crippen molar-refractivity contribution in [3.05, 3.63) is 37.2 Å². The first-order valence-corrected chi connectivity index (χ1v) is 18.8. The summed E-state index contributed by atoms with van der Waals surface area (Å²) in [6.45, 7) is 0. The second-order valence-corrected chi connectivity index (χ2v) is 16.1. The number of aromatic amines is 2. The molecule has 0 radical (unpaired) electrons. The molecule has 2 fully saturated rings. The van der Waals surface area contributed by atoms with Gasteiger partial charge in [-0.3, -0.25) is 4.70 Å². The maximum absolute atomic E-state index is 11.2. The van der Waals surface area contributed by atoms with Gasteiger partial charge in [0, 0.05) is 55.0 Å². The van der Waals surface area contributed by atoms with Crippen LogP contribution in [0.1, 0.15) is 51.4 Å². The van der Waals surface area contributed by atoms with Crippen LogP contribution >= 0.6 is 10.7 Å². The largest absolute Gasteiger partial charge is 1.00 e. The zero-order valence-corrected chi connectivity index (χ0v) is 31.7. The zero-order valence-electron chi connectivity index (χ0n) is 26.2. The molecule has 13 nitrogen and oxygen atoms in total. The van der Waals surface area contributed by atoms with Crippen molar-refractivity contribution < 1.29 is 77.5 Å². The van der Waals surface area contributed by atoms with E-state index in [0.29, 0.717) is 12.1 Å². The van der Waals surface area contributed by atoms with Gasteiger partial charge in [0.1, 0.15) is 35.6 Å². The van der Waals surface area contributed by atoms with Gasteiger partial charge < -0.3 is 24.3 Å². The molecule has 4 aromatic rings. The number of H-pyrrole nitrogens is 2. The Balaban J connectivity index is 0.000000240. The molecule has 2 aliphatic carbocycles. The Morgan fingerprint density at radius 3 is 1.50 bits per heavy atom. The van der Waals surface area contributed by atoms with Gasteiger partial charge >= 0.3 is 51.4 Å². The van der Waals surface area contributed by atoms with Crippen LogP contribution in [0, 0.1) is 11.8 Å². The number of rotatable bonds is 8. The summed E-state index contributed by atoms with van der Waals surface area (Å²) in [4.78, 5) is 27.7. The minimum Gasteiger partial charge on any atom is -0.748 e. The molecule has 0 unspecified atom stereocenters. The van der Waals surface area contributed by atoms with Crippen LogP contribution in [0.4, 0.5) is 16.3 Å². The summed E-state index contributed by atoms with van der Waals surface area (Å²) in [5, 5.41) is 1.99. The van der Waals surface area contributed by atoms with Gasteiger partial charge in [0.05, 0.1) is 26.6 Å². The molecule has 0 atom stereocenters. The number of hydrogen-bond donors (Lipinski definition) is 2. The Hall–Kier alpha value is -1.44. The molecule has 4 heterocycles. The Labute approximate surface area is 315 Å². The monoisotopic (exact) mass is 724 g/mol. The predicted molar refractivity (Wildman–Crippen MR) is 173 cm³/mol. The van der Waals surface area contributed by atoms with E-state index in [1.165, 1.54) is 0 Å². The van der Waals surface area contributed by atoms with Crippen LogP contribution < -0.4 is 61.2 Å². The molecule has 0 saturated heterocycles. The van der Waals surface area contributed by atoms with Crippen molar-refractivity contribution in [2.75, 3.05) is 35.4 Å². The van der Waals surface area contributed by atoms with E-state index in [0.717, 1.165) is 85.1 Å². The molecule has 0 bridgehead atoms. The molecule has 0 aliphatic heterocycles. The van der Waals surface area contributed by atoms with Crippen LogP contribution in [0.3, 0.4) is 0 Å². The topological polar surface area (TPSA) is 181 Å². The van der Waals surface area contributed by atoms with Gasteiger partial charge in [-0.05, 0) is 75.3 Å². The SMILES string of the molecule is CN(c1ncnc2[nH]ccc12)C1CCC(CS(=O)(=O)Cl)CC1.CN(c1ncnc2[nH]ccc12)C1CCC(CS(=O)(=O)[O-])CC1.F.[K+]. The average molecular weight is 725 g/mol. The molecular formula is C28H39ClFKN8O5S2. The van der Waals surface area contributed by atoms with Gasteiger partial charge in [0.15, 0.2) is 0 Å². The van der Waals surface area contributed by atoms with Crippen LogP contribution in [-0.2, 0) is 19.2 Å². The minimum absolute atomic E-state index is 0. The number of aromatic nitrogens is 6. The minimum atomic E-state index is -4.12. The average Bonchev–Trinajstić information content (AvgIpc) is 3.66. The van der Waals surface area contributed by atoms with E-state index in [9.17, 15) is 21.4 Å². The number of halogens is 2. The van der Waals surface area contributed by atoms with Crippen molar-refractivity contribution in [1.82, 2.24) is 29.9 Å². The summed E-state index contributed by atoms with van der Waals surface area (Å²) in [5.74, 6) is 1.81. The van der Waals surface area contributed by atoms with Crippen molar-refractivity contribution in [1.29, 1.82) is 0 Å². The number of hydrogen-bond acceptors (Lipinski definition) is 11. The quantitative estimate of drug-likeness (QED) is 0.151. The standard InChI is InChI=1S/C14H19ClN4O2S.C14H20N4O3S.FH.K/c1-19(14-12-6-7-16-13(12)17-9-18-14)11-4-2-10(3-5-11)8-22(15,20)21;1-18(14-12-6-7-15-13(12)16-9-17-14)11-4-2-10(3-5-11)8-22(19,20)21;;/h6-7,9-11H,2-5,8H2,1H3,(H,16,17,18);6-7,9-11H,2-5,8H2,1H3,(H,15,16,17)(H,19,20,21);1H;/q;;;+1/p-1. The summed E-state index contributed by atoms with van der Waals surface area (Å²) in [7, 11) is 1.88. The molecule has 2 N–H and O–H groups in total. The second-order valence-electron chi connectivity index (χ2n) is 11.9. The summed E-state index contributed by atoms with van der Waals surface area (Å²) < 4.78 is 55.0. The molecule has 248 valence electrons. The fourth-order valence-electron chi connectivity index (χ4n) is 6.59. The van der Waals surface area contributed by atoms with Crippen molar-refractivity contribution >= 4 is 63.6 Å². The maximum atomic E-state index is 11.2. The van der Waals surface area contributed by atoms with Crippen molar-refractivity contribution in [2.45, 2.75) is 63.5 Å². The van der Waals surface area contributed by atoms with Gasteiger partial charge in [0.25, 0.3) is 0 Å². The smallest absolute Gasteiger partial charge is 0.748 e. The Morgan fingerprint density at radius 2 is 1.13 bits per heavy atom. The first-order valence-electron chi connectivity index (χ1n) is 14.8. The van der Waals surface area contributed by atoms with Crippen molar-refractivity contribution in [2.24, 2.45) is 11.8 Å². The predicted octanol–water partition coefficient (Wildman–Crippen LogP) is 1.18. The molecule has 0 aromatic carbocycles. The van der Waals surface area contributed by atoms with E-state index in [2.05, 4.69) is 39.7 Å². The molecule has 4 aromatic heterocycles. The Morgan fingerprint density at radius 1 is 0.739 bits per heavy atom. The van der Waals surface area contributed by atoms with Crippen LogP contribution in [0.25, 0.3) is 22.1 Å². The maximum Gasteiger partial charge on any atom is 1.00 e. The number of nitrogens with zero attached hydrogens (tertiary/aromatic N) is 6. The molecule has 6 rings (SSSR count). The first-order chi connectivity index (χ1) is 20.9. The fourth-order valence-corrected chi connectivity index (χ4v) is 8.93. The third-order valence-electron chi connectivity index (χ3n) is 8.94. The van der Waals surface area contributed by atoms with E-state index in [4.69, 9.17) is 10.7 Å². The van der Waals surface area contributed by atoms with Gasteiger partial charge in [0.2, 0.25) is 9.05 Å². The van der Waals surface area contributed by atoms with Gasteiger partial charge in [-0.1, -0.05) is 0 Å². The number of fused-ring (bicyclic) bond motifs is 2.